The van der Waals surface area contributed by atoms with E-state index in [1.807, 2.05) is 0 Å². The topological polar surface area (TPSA) is 41.1 Å². The molecular formula is C18H28N2O. The van der Waals surface area contributed by atoms with Gasteiger partial charge in [-0.25, -0.2) is 0 Å². The zero-order chi connectivity index (χ0) is 15.3. The number of rotatable bonds is 5. The number of carbonyl (C=O) groups excluding carboxylic acids is 1. The van der Waals surface area contributed by atoms with Crippen LogP contribution in [-0.4, -0.2) is 19.0 Å². The molecule has 1 fully saturated rings. The van der Waals surface area contributed by atoms with Crippen molar-refractivity contribution in [3.63, 3.8) is 0 Å². The van der Waals surface area contributed by atoms with Crippen molar-refractivity contribution in [2.24, 2.45) is 5.41 Å². The van der Waals surface area contributed by atoms with E-state index in [2.05, 4.69) is 55.7 Å². The fourth-order valence-corrected chi connectivity index (χ4v) is 3.34. The highest BCUT2D eigenvalue weighted by molar-refractivity contribution is 5.83. The van der Waals surface area contributed by atoms with Gasteiger partial charge in [-0.3, -0.25) is 4.79 Å². The molecule has 0 saturated carbocycles. The van der Waals surface area contributed by atoms with E-state index in [-0.39, 0.29) is 17.4 Å². The summed E-state index contributed by atoms with van der Waals surface area (Å²) in [5.41, 5.74) is 2.19. The van der Waals surface area contributed by atoms with E-state index >= 15 is 0 Å². The van der Waals surface area contributed by atoms with Gasteiger partial charge in [-0.1, -0.05) is 43.2 Å². The average molecular weight is 288 g/mol. The van der Waals surface area contributed by atoms with E-state index in [9.17, 15) is 4.79 Å². The van der Waals surface area contributed by atoms with Crippen LogP contribution in [0.5, 0.6) is 0 Å². The number of piperidine rings is 1. The van der Waals surface area contributed by atoms with Gasteiger partial charge in [0.05, 0.1) is 11.5 Å². The molecule has 1 heterocycles. The zero-order valence-electron chi connectivity index (χ0n) is 13.5. The molecule has 1 aromatic carbocycles. The fourth-order valence-electron chi connectivity index (χ4n) is 3.34. The molecule has 3 nitrogen and oxygen atoms in total. The summed E-state index contributed by atoms with van der Waals surface area (Å²) >= 11 is 0. The molecular weight excluding hydrogens is 260 g/mol. The highest BCUT2D eigenvalue weighted by Gasteiger charge is 2.39. The van der Waals surface area contributed by atoms with E-state index in [1.165, 1.54) is 11.1 Å². The Kier molecular flexibility index (Phi) is 5.40. The van der Waals surface area contributed by atoms with Gasteiger partial charge in [0.25, 0.3) is 0 Å². The number of benzene rings is 1. The average Bonchev–Trinajstić information content (AvgIpc) is 2.48. The van der Waals surface area contributed by atoms with E-state index in [1.54, 1.807) is 0 Å². The third-order valence-corrected chi connectivity index (χ3v) is 4.57. The fraction of sp³-hybridized carbons (Fsp3) is 0.611. The Morgan fingerprint density at radius 2 is 2.29 bits per heavy atom. The van der Waals surface area contributed by atoms with E-state index in [0.29, 0.717) is 0 Å². The molecule has 0 bridgehead atoms. The molecule has 1 amide bonds. The largest absolute Gasteiger partial charge is 0.349 e. The van der Waals surface area contributed by atoms with Gasteiger partial charge in [-0.15, -0.1) is 0 Å². The first-order valence-corrected chi connectivity index (χ1v) is 8.16. The van der Waals surface area contributed by atoms with Crippen molar-refractivity contribution in [3.05, 3.63) is 35.4 Å². The van der Waals surface area contributed by atoms with Crippen LogP contribution in [0.4, 0.5) is 0 Å². The molecule has 2 rings (SSSR count). The second kappa shape index (κ2) is 7.08. The van der Waals surface area contributed by atoms with Crippen molar-refractivity contribution in [2.45, 2.75) is 52.5 Å². The van der Waals surface area contributed by atoms with Crippen LogP contribution in [0.2, 0.25) is 0 Å². The number of amides is 1. The van der Waals surface area contributed by atoms with Gasteiger partial charge in [-0.2, -0.15) is 0 Å². The number of nitrogens with one attached hydrogen (secondary N) is 2. The minimum Gasteiger partial charge on any atom is -0.349 e. The summed E-state index contributed by atoms with van der Waals surface area (Å²) in [5.74, 6) is 0.213. The second-order valence-electron chi connectivity index (χ2n) is 6.42. The van der Waals surface area contributed by atoms with Crippen molar-refractivity contribution in [2.75, 3.05) is 13.1 Å². The van der Waals surface area contributed by atoms with E-state index in [4.69, 9.17) is 0 Å². The molecule has 1 aliphatic heterocycles. The van der Waals surface area contributed by atoms with Gasteiger partial charge >= 0.3 is 0 Å². The minimum atomic E-state index is -0.217. The van der Waals surface area contributed by atoms with Crippen LogP contribution in [0.25, 0.3) is 0 Å². The summed E-state index contributed by atoms with van der Waals surface area (Å²) in [6.45, 7) is 8.16. The molecule has 2 atom stereocenters. The first-order valence-electron chi connectivity index (χ1n) is 8.16. The quantitative estimate of drug-likeness (QED) is 0.872. The van der Waals surface area contributed by atoms with Gasteiger partial charge in [0.15, 0.2) is 0 Å². The lowest BCUT2D eigenvalue weighted by molar-refractivity contribution is -0.133. The molecule has 3 heteroatoms. The Balaban J connectivity index is 2.07. The third kappa shape index (κ3) is 3.85. The van der Waals surface area contributed by atoms with Crippen LogP contribution in [0.1, 0.15) is 56.7 Å². The summed E-state index contributed by atoms with van der Waals surface area (Å²) in [4.78, 5) is 12.8. The predicted octanol–water partition coefficient (Wildman–Crippen LogP) is 3.34. The van der Waals surface area contributed by atoms with Crippen LogP contribution in [0.15, 0.2) is 24.3 Å². The molecule has 0 radical (unpaired) electrons. The van der Waals surface area contributed by atoms with Crippen LogP contribution < -0.4 is 10.6 Å². The molecule has 1 aliphatic rings. The smallest absolute Gasteiger partial charge is 0.227 e. The summed E-state index contributed by atoms with van der Waals surface area (Å²) in [5, 5.41) is 6.64. The molecule has 0 aromatic heterocycles. The van der Waals surface area contributed by atoms with Gasteiger partial charge in [0, 0.05) is 6.54 Å². The normalized spacial score (nSPS) is 23.6. The first kappa shape index (κ1) is 16.0. The standard InChI is InChI=1S/C18H28N2O/c1-4-9-18(10-6-11-19-13-18)17(21)20-15(3)16-8-5-7-14(2)12-16/h5,7-8,12,15,19H,4,6,9-11,13H2,1-3H3,(H,20,21)/t15-,18?/m1/s1. The number of hydrogen-bond acceptors (Lipinski definition) is 2. The van der Waals surface area contributed by atoms with Crippen LogP contribution in [0.3, 0.4) is 0 Å². The molecule has 1 saturated heterocycles. The van der Waals surface area contributed by atoms with Gasteiger partial charge in [0.2, 0.25) is 5.91 Å². The van der Waals surface area contributed by atoms with Crippen molar-refractivity contribution in [1.29, 1.82) is 0 Å². The van der Waals surface area contributed by atoms with Crippen LogP contribution in [0, 0.1) is 12.3 Å². The van der Waals surface area contributed by atoms with Gasteiger partial charge in [-0.05, 0) is 45.2 Å². The molecule has 0 aliphatic carbocycles. The Morgan fingerprint density at radius 3 is 2.90 bits per heavy atom. The molecule has 2 N–H and O–H groups in total. The second-order valence-corrected chi connectivity index (χ2v) is 6.42. The number of aryl methyl sites for hydroxylation is 1. The Hall–Kier alpha value is -1.35. The monoisotopic (exact) mass is 288 g/mol. The van der Waals surface area contributed by atoms with Crippen molar-refractivity contribution in [1.82, 2.24) is 10.6 Å². The van der Waals surface area contributed by atoms with Crippen LogP contribution in [-0.2, 0) is 4.79 Å². The van der Waals surface area contributed by atoms with E-state index in [0.717, 1.165) is 38.8 Å². The molecule has 0 spiro atoms. The summed E-state index contributed by atoms with van der Waals surface area (Å²) < 4.78 is 0. The Morgan fingerprint density at radius 1 is 1.48 bits per heavy atom. The molecule has 116 valence electrons. The van der Waals surface area contributed by atoms with Gasteiger partial charge < -0.3 is 10.6 Å². The number of carbonyl (C=O) groups is 1. The molecule has 21 heavy (non-hydrogen) atoms. The lowest BCUT2D eigenvalue weighted by Gasteiger charge is -2.37. The maximum Gasteiger partial charge on any atom is 0.227 e. The van der Waals surface area contributed by atoms with Crippen LogP contribution >= 0.6 is 0 Å². The summed E-state index contributed by atoms with van der Waals surface area (Å²) in [7, 11) is 0. The first-order chi connectivity index (χ1) is 10.1. The number of hydrogen-bond donors (Lipinski definition) is 2. The summed E-state index contributed by atoms with van der Waals surface area (Å²) in [6, 6.07) is 8.44. The molecule has 1 unspecified atom stereocenters. The van der Waals surface area contributed by atoms with Gasteiger partial charge in [0.1, 0.15) is 0 Å². The lowest BCUT2D eigenvalue weighted by Crippen LogP contribution is -2.50. The van der Waals surface area contributed by atoms with Crippen molar-refractivity contribution < 1.29 is 4.79 Å². The Bertz CT molecular complexity index is 472. The maximum absolute atomic E-state index is 12.8. The maximum atomic E-state index is 12.8. The van der Waals surface area contributed by atoms with E-state index < -0.39 is 0 Å². The zero-order valence-corrected chi connectivity index (χ0v) is 13.5. The van der Waals surface area contributed by atoms with Crippen molar-refractivity contribution in [3.8, 4) is 0 Å². The minimum absolute atomic E-state index is 0.0630. The van der Waals surface area contributed by atoms with Crippen molar-refractivity contribution >= 4 is 5.91 Å². The Labute approximate surface area is 128 Å². The highest BCUT2D eigenvalue weighted by atomic mass is 16.2. The highest BCUT2D eigenvalue weighted by Crippen LogP contribution is 2.32. The molecule has 1 aromatic rings. The summed E-state index contributed by atoms with van der Waals surface area (Å²) in [6.07, 6.45) is 4.10. The third-order valence-electron chi connectivity index (χ3n) is 4.57. The predicted molar refractivity (Wildman–Crippen MR) is 87.2 cm³/mol. The SMILES string of the molecule is CCCC1(C(=O)N[C@H](C)c2cccc(C)c2)CCCNC1. The lowest BCUT2D eigenvalue weighted by atomic mass is 9.76.